The number of fused-ring (bicyclic) bond motifs is 1. The first-order valence-electron chi connectivity index (χ1n) is 6.19. The van der Waals surface area contributed by atoms with E-state index in [0.717, 1.165) is 11.3 Å². The second-order valence-electron chi connectivity index (χ2n) is 4.43. The van der Waals surface area contributed by atoms with Crippen molar-refractivity contribution in [1.29, 1.82) is 0 Å². The van der Waals surface area contributed by atoms with Crippen LogP contribution in [0.2, 0.25) is 5.02 Å². The minimum atomic E-state index is -0.115. The van der Waals surface area contributed by atoms with E-state index in [0.29, 0.717) is 10.7 Å². The third-order valence-corrected chi connectivity index (χ3v) is 3.10. The van der Waals surface area contributed by atoms with E-state index < -0.39 is 0 Å². The fourth-order valence-electron chi connectivity index (χ4n) is 2.01. The van der Waals surface area contributed by atoms with E-state index in [1.165, 1.54) is 0 Å². The first-order valence-corrected chi connectivity index (χ1v) is 6.56. The fraction of sp³-hybridized carbons (Fsp3) is 0.0667. The summed E-state index contributed by atoms with van der Waals surface area (Å²) in [5, 5.41) is 3.40. The van der Waals surface area contributed by atoms with Gasteiger partial charge in [0.05, 0.1) is 12.1 Å². The maximum absolute atomic E-state index is 12.0. The number of nitrogens with one attached hydrogen (secondary N) is 1. The normalized spacial score (nSPS) is 10.7. The topological polar surface area (TPSA) is 46.4 Å². The minimum Gasteiger partial charge on any atom is -0.326 e. The first-order chi connectivity index (χ1) is 9.70. The highest BCUT2D eigenvalue weighted by atomic mass is 35.5. The average Bonchev–Trinajstić information content (AvgIpc) is 2.80. The molecule has 1 amide bonds. The second-order valence-corrected chi connectivity index (χ2v) is 4.87. The van der Waals surface area contributed by atoms with Crippen LogP contribution >= 0.6 is 11.6 Å². The third kappa shape index (κ3) is 2.81. The fourth-order valence-corrected chi connectivity index (χ4v) is 2.20. The lowest BCUT2D eigenvalue weighted by molar-refractivity contribution is -0.115. The molecule has 2 heterocycles. The number of hydrogen-bond donors (Lipinski definition) is 1. The van der Waals surface area contributed by atoms with Crippen molar-refractivity contribution < 1.29 is 4.79 Å². The van der Waals surface area contributed by atoms with Gasteiger partial charge in [-0.3, -0.25) is 4.79 Å². The molecule has 0 saturated heterocycles. The molecule has 0 aliphatic rings. The Morgan fingerprint density at radius 2 is 2.15 bits per heavy atom. The van der Waals surface area contributed by atoms with Crippen LogP contribution in [0.4, 0.5) is 5.69 Å². The minimum absolute atomic E-state index is 0.115. The number of amides is 1. The molecule has 4 nitrogen and oxygen atoms in total. The van der Waals surface area contributed by atoms with Crippen LogP contribution in [0.5, 0.6) is 0 Å². The zero-order valence-electron chi connectivity index (χ0n) is 10.6. The molecule has 0 aliphatic carbocycles. The van der Waals surface area contributed by atoms with Gasteiger partial charge in [0.1, 0.15) is 5.65 Å². The molecule has 1 aromatic carbocycles. The molecule has 3 rings (SSSR count). The summed E-state index contributed by atoms with van der Waals surface area (Å²) < 4.78 is 1.89. The molecule has 0 spiro atoms. The molecular formula is C15H12ClN3O. The number of anilines is 1. The van der Waals surface area contributed by atoms with Crippen LogP contribution < -0.4 is 5.32 Å². The maximum atomic E-state index is 12.0. The van der Waals surface area contributed by atoms with Crippen molar-refractivity contribution >= 4 is 28.8 Å². The van der Waals surface area contributed by atoms with Gasteiger partial charge in [-0.25, -0.2) is 4.98 Å². The van der Waals surface area contributed by atoms with Gasteiger partial charge in [0.25, 0.3) is 0 Å². The predicted molar refractivity (Wildman–Crippen MR) is 79.0 cm³/mol. The summed E-state index contributed by atoms with van der Waals surface area (Å²) in [5.41, 5.74) is 2.25. The lowest BCUT2D eigenvalue weighted by Gasteiger charge is -2.03. The van der Waals surface area contributed by atoms with Crippen molar-refractivity contribution in [3.05, 3.63) is 65.6 Å². The number of hydrogen-bond acceptors (Lipinski definition) is 2. The van der Waals surface area contributed by atoms with Crippen molar-refractivity contribution in [2.45, 2.75) is 6.42 Å². The largest absolute Gasteiger partial charge is 0.326 e. The molecular weight excluding hydrogens is 274 g/mol. The lowest BCUT2D eigenvalue weighted by atomic mass is 10.3. The first kappa shape index (κ1) is 12.7. The van der Waals surface area contributed by atoms with Gasteiger partial charge in [-0.15, -0.1) is 0 Å². The summed E-state index contributed by atoms with van der Waals surface area (Å²) in [6.07, 6.45) is 3.99. The molecule has 5 heteroatoms. The molecule has 0 radical (unpaired) electrons. The van der Waals surface area contributed by atoms with E-state index in [1.54, 1.807) is 24.3 Å². The van der Waals surface area contributed by atoms with Gasteiger partial charge in [0.2, 0.25) is 5.91 Å². The Kier molecular flexibility index (Phi) is 3.39. The predicted octanol–water partition coefficient (Wildman–Crippen LogP) is 3.17. The highest BCUT2D eigenvalue weighted by molar-refractivity contribution is 6.30. The summed E-state index contributed by atoms with van der Waals surface area (Å²) in [5.74, 6) is -0.115. The smallest absolute Gasteiger partial charge is 0.230 e. The number of benzene rings is 1. The van der Waals surface area contributed by atoms with Crippen LogP contribution in [-0.4, -0.2) is 15.3 Å². The lowest BCUT2D eigenvalue weighted by Crippen LogP contribution is -2.14. The summed E-state index contributed by atoms with van der Waals surface area (Å²) in [6.45, 7) is 0. The van der Waals surface area contributed by atoms with Gasteiger partial charge in [-0.1, -0.05) is 23.7 Å². The Morgan fingerprint density at radius 1 is 1.25 bits per heavy atom. The molecule has 20 heavy (non-hydrogen) atoms. The second kappa shape index (κ2) is 5.35. The van der Waals surface area contributed by atoms with Gasteiger partial charge < -0.3 is 9.72 Å². The van der Waals surface area contributed by atoms with Crippen LogP contribution in [0, 0.1) is 0 Å². The number of carbonyl (C=O) groups excluding carboxylic acids is 1. The van der Waals surface area contributed by atoms with Crippen LogP contribution in [0.25, 0.3) is 5.65 Å². The van der Waals surface area contributed by atoms with E-state index in [-0.39, 0.29) is 12.3 Å². The third-order valence-electron chi connectivity index (χ3n) is 2.86. The maximum Gasteiger partial charge on any atom is 0.230 e. The van der Waals surface area contributed by atoms with Crippen LogP contribution in [0.3, 0.4) is 0 Å². The summed E-state index contributed by atoms with van der Waals surface area (Å²) in [7, 11) is 0. The van der Waals surface area contributed by atoms with E-state index >= 15 is 0 Å². The molecule has 0 atom stereocenters. The molecule has 100 valence electrons. The Hall–Kier alpha value is -2.33. The van der Waals surface area contributed by atoms with Gasteiger partial charge in [-0.05, 0) is 30.3 Å². The van der Waals surface area contributed by atoms with Crippen molar-refractivity contribution in [3.63, 3.8) is 0 Å². The molecule has 0 saturated carbocycles. The van der Waals surface area contributed by atoms with E-state index in [2.05, 4.69) is 10.3 Å². The van der Waals surface area contributed by atoms with Gasteiger partial charge in [0.15, 0.2) is 0 Å². The molecule has 0 aliphatic heterocycles. The van der Waals surface area contributed by atoms with Gasteiger partial charge >= 0.3 is 0 Å². The van der Waals surface area contributed by atoms with Crippen LogP contribution in [-0.2, 0) is 11.2 Å². The highest BCUT2D eigenvalue weighted by Gasteiger charge is 2.08. The van der Waals surface area contributed by atoms with E-state index in [1.807, 2.05) is 35.0 Å². The van der Waals surface area contributed by atoms with E-state index in [4.69, 9.17) is 11.6 Å². The molecule has 0 fully saturated rings. The monoisotopic (exact) mass is 285 g/mol. The standard InChI is InChI=1S/C15H12ClN3O/c16-11-4-3-5-12(8-11)18-15(20)9-13-10-19-7-2-1-6-14(19)17-13/h1-8,10H,9H2,(H,18,20). The number of nitrogens with zero attached hydrogens (tertiary/aromatic N) is 2. The molecule has 0 unspecified atom stereocenters. The molecule has 3 aromatic rings. The number of imidazole rings is 1. The zero-order chi connectivity index (χ0) is 13.9. The van der Waals surface area contributed by atoms with E-state index in [9.17, 15) is 4.79 Å². The number of rotatable bonds is 3. The summed E-state index contributed by atoms with van der Waals surface area (Å²) in [6, 6.07) is 12.8. The van der Waals surface area contributed by atoms with Crippen LogP contribution in [0.1, 0.15) is 5.69 Å². The van der Waals surface area contributed by atoms with Crippen molar-refractivity contribution in [2.24, 2.45) is 0 Å². The Bertz CT molecular complexity index is 733. The number of halogens is 1. The highest BCUT2D eigenvalue weighted by Crippen LogP contribution is 2.15. The van der Waals surface area contributed by atoms with Crippen molar-refractivity contribution in [3.8, 4) is 0 Å². The SMILES string of the molecule is O=C(Cc1cn2ccccc2n1)Nc1cccc(Cl)c1. The summed E-state index contributed by atoms with van der Waals surface area (Å²) in [4.78, 5) is 16.4. The van der Waals surface area contributed by atoms with Gasteiger partial charge in [-0.2, -0.15) is 0 Å². The van der Waals surface area contributed by atoms with Crippen molar-refractivity contribution in [2.75, 3.05) is 5.32 Å². The molecule has 1 N–H and O–H groups in total. The van der Waals surface area contributed by atoms with Crippen LogP contribution in [0.15, 0.2) is 54.9 Å². The number of carbonyl (C=O) groups is 1. The quantitative estimate of drug-likeness (QED) is 0.803. The number of aromatic nitrogens is 2. The average molecular weight is 286 g/mol. The Labute approximate surface area is 121 Å². The van der Waals surface area contributed by atoms with Crippen molar-refractivity contribution in [1.82, 2.24) is 9.38 Å². The van der Waals surface area contributed by atoms with Gasteiger partial charge in [0, 0.05) is 23.1 Å². The Morgan fingerprint density at radius 3 is 2.95 bits per heavy atom. The number of pyridine rings is 1. The molecule has 0 bridgehead atoms. The molecule has 2 aromatic heterocycles. The summed E-state index contributed by atoms with van der Waals surface area (Å²) >= 11 is 5.87. The zero-order valence-corrected chi connectivity index (χ0v) is 11.3. The Balaban J connectivity index is 1.72.